The highest BCUT2D eigenvalue weighted by atomic mass is 32.2. The third kappa shape index (κ3) is 4.72. The van der Waals surface area contributed by atoms with Crippen LogP contribution in [0.4, 0.5) is 0 Å². The lowest BCUT2D eigenvalue weighted by atomic mass is 9.88. The van der Waals surface area contributed by atoms with Gasteiger partial charge in [0, 0.05) is 19.0 Å². The quantitative estimate of drug-likeness (QED) is 0.808. The van der Waals surface area contributed by atoms with Crippen LogP contribution in [0.5, 0.6) is 0 Å². The zero-order chi connectivity index (χ0) is 19.4. The van der Waals surface area contributed by atoms with Crippen LogP contribution in [-0.4, -0.2) is 37.5 Å². The smallest absolute Gasteiger partial charge is 0.223 e. The zero-order valence-corrected chi connectivity index (χ0v) is 17.4. The van der Waals surface area contributed by atoms with Crippen LogP contribution in [0.1, 0.15) is 68.7 Å². The standard InChI is InChI=1S/C21H32N2O3S/c1-3-20(19-10-9-16-7-5-6-8-18(16)15-19)22-21(24)17-11-13-23(14-12-17)27(25,26)4-2/h9-10,15,17,20H,3-8,11-14H2,1-2H3,(H,22,24)/t20-/m0/s1. The first-order valence-electron chi connectivity index (χ1n) is 10.3. The number of fused-ring (bicyclic) bond motifs is 1. The number of carbonyl (C=O) groups is 1. The fourth-order valence-corrected chi connectivity index (χ4v) is 5.39. The van der Waals surface area contributed by atoms with Gasteiger partial charge in [-0.3, -0.25) is 4.79 Å². The lowest BCUT2D eigenvalue weighted by Crippen LogP contribution is -2.44. The SMILES string of the molecule is CC[C@H](NC(=O)C1CCN(S(=O)(=O)CC)CC1)c1ccc2c(c1)CCCC2. The van der Waals surface area contributed by atoms with Crippen molar-refractivity contribution < 1.29 is 13.2 Å². The van der Waals surface area contributed by atoms with E-state index < -0.39 is 10.0 Å². The highest BCUT2D eigenvalue weighted by molar-refractivity contribution is 7.89. The van der Waals surface area contributed by atoms with Crippen molar-refractivity contribution in [3.63, 3.8) is 0 Å². The molecule has 0 unspecified atom stereocenters. The monoisotopic (exact) mass is 392 g/mol. The third-order valence-electron chi connectivity index (χ3n) is 6.08. The largest absolute Gasteiger partial charge is 0.349 e. The number of hydrogen-bond donors (Lipinski definition) is 1. The van der Waals surface area contributed by atoms with Crippen LogP contribution in [0, 0.1) is 5.92 Å². The maximum absolute atomic E-state index is 12.8. The summed E-state index contributed by atoms with van der Waals surface area (Å²) in [6, 6.07) is 6.70. The number of benzene rings is 1. The van der Waals surface area contributed by atoms with Gasteiger partial charge in [-0.15, -0.1) is 0 Å². The van der Waals surface area contributed by atoms with Crippen molar-refractivity contribution in [2.24, 2.45) is 5.92 Å². The molecule has 0 bridgehead atoms. The molecule has 150 valence electrons. The van der Waals surface area contributed by atoms with E-state index in [9.17, 15) is 13.2 Å². The number of piperidine rings is 1. The van der Waals surface area contributed by atoms with Crippen LogP contribution in [-0.2, 0) is 27.7 Å². The molecule has 0 saturated carbocycles. The van der Waals surface area contributed by atoms with Crippen molar-refractivity contribution >= 4 is 15.9 Å². The Morgan fingerprint density at radius 2 is 1.81 bits per heavy atom. The molecule has 1 aliphatic heterocycles. The molecule has 5 nitrogen and oxygen atoms in total. The van der Waals surface area contributed by atoms with E-state index in [1.165, 1.54) is 33.8 Å². The Hall–Kier alpha value is -1.40. The second kappa shape index (κ2) is 8.74. The summed E-state index contributed by atoms with van der Waals surface area (Å²) in [6.45, 7) is 4.66. The maximum Gasteiger partial charge on any atom is 0.223 e. The number of amides is 1. The van der Waals surface area contributed by atoms with Gasteiger partial charge in [0.15, 0.2) is 0 Å². The predicted octanol–water partition coefficient (Wildman–Crippen LogP) is 3.19. The first-order valence-corrected chi connectivity index (χ1v) is 12.0. The second-order valence-corrected chi connectivity index (χ2v) is 10.0. The molecule has 1 amide bonds. The lowest BCUT2D eigenvalue weighted by Gasteiger charge is -2.31. The molecule has 1 aromatic rings. The molecule has 1 heterocycles. The van der Waals surface area contributed by atoms with Gasteiger partial charge in [0.25, 0.3) is 0 Å². The van der Waals surface area contributed by atoms with E-state index in [0.29, 0.717) is 25.9 Å². The molecule has 3 rings (SSSR count). The highest BCUT2D eigenvalue weighted by Gasteiger charge is 2.31. The Morgan fingerprint density at radius 3 is 2.44 bits per heavy atom. The Balaban J connectivity index is 1.61. The Morgan fingerprint density at radius 1 is 1.15 bits per heavy atom. The summed E-state index contributed by atoms with van der Waals surface area (Å²) in [5.74, 6) is 0.0909. The zero-order valence-electron chi connectivity index (χ0n) is 16.5. The Labute approximate surface area is 163 Å². The van der Waals surface area contributed by atoms with Gasteiger partial charge in [0.2, 0.25) is 15.9 Å². The molecular formula is C21H32N2O3S. The first kappa shape index (κ1) is 20.3. The summed E-state index contributed by atoms with van der Waals surface area (Å²) in [6.07, 6.45) is 6.88. The van der Waals surface area contributed by atoms with Gasteiger partial charge in [0.05, 0.1) is 11.8 Å². The van der Waals surface area contributed by atoms with Crippen molar-refractivity contribution in [2.75, 3.05) is 18.8 Å². The van der Waals surface area contributed by atoms with Crippen LogP contribution in [0.15, 0.2) is 18.2 Å². The van der Waals surface area contributed by atoms with E-state index in [1.54, 1.807) is 6.92 Å². The van der Waals surface area contributed by atoms with E-state index in [-0.39, 0.29) is 23.6 Å². The predicted molar refractivity (Wildman–Crippen MR) is 108 cm³/mol. The van der Waals surface area contributed by atoms with Crippen LogP contribution in [0.3, 0.4) is 0 Å². The van der Waals surface area contributed by atoms with Crippen LogP contribution in [0.25, 0.3) is 0 Å². The molecule has 1 atom stereocenters. The molecule has 6 heteroatoms. The van der Waals surface area contributed by atoms with Crippen molar-refractivity contribution in [3.8, 4) is 0 Å². The fraction of sp³-hybridized carbons (Fsp3) is 0.667. The summed E-state index contributed by atoms with van der Waals surface area (Å²) in [4.78, 5) is 12.8. The van der Waals surface area contributed by atoms with Gasteiger partial charge >= 0.3 is 0 Å². The molecule has 1 aliphatic carbocycles. The van der Waals surface area contributed by atoms with Gasteiger partial charge in [-0.05, 0) is 68.6 Å². The molecule has 0 spiro atoms. The number of sulfonamides is 1. The molecular weight excluding hydrogens is 360 g/mol. The van der Waals surface area contributed by atoms with E-state index in [1.807, 2.05) is 0 Å². The van der Waals surface area contributed by atoms with Crippen LogP contribution in [0.2, 0.25) is 0 Å². The Kier molecular flexibility index (Phi) is 6.58. The number of aryl methyl sites for hydroxylation is 2. The van der Waals surface area contributed by atoms with Crippen molar-refractivity contribution in [1.82, 2.24) is 9.62 Å². The maximum atomic E-state index is 12.8. The van der Waals surface area contributed by atoms with Crippen LogP contribution >= 0.6 is 0 Å². The van der Waals surface area contributed by atoms with Crippen molar-refractivity contribution in [1.29, 1.82) is 0 Å². The topological polar surface area (TPSA) is 66.5 Å². The molecule has 2 aliphatic rings. The van der Waals surface area contributed by atoms with E-state index in [0.717, 1.165) is 19.3 Å². The summed E-state index contributed by atoms with van der Waals surface area (Å²) < 4.78 is 25.5. The van der Waals surface area contributed by atoms with Gasteiger partial charge in [0.1, 0.15) is 0 Å². The summed E-state index contributed by atoms with van der Waals surface area (Å²) in [7, 11) is -3.15. The molecule has 1 N–H and O–H groups in total. The molecule has 27 heavy (non-hydrogen) atoms. The average molecular weight is 393 g/mol. The number of nitrogens with zero attached hydrogens (tertiary/aromatic N) is 1. The van der Waals surface area contributed by atoms with Crippen molar-refractivity contribution in [2.45, 2.75) is 64.8 Å². The summed E-state index contributed by atoms with van der Waals surface area (Å²) in [5.41, 5.74) is 4.08. The minimum Gasteiger partial charge on any atom is -0.349 e. The molecule has 1 saturated heterocycles. The van der Waals surface area contributed by atoms with Crippen molar-refractivity contribution in [3.05, 3.63) is 34.9 Å². The molecule has 0 aromatic heterocycles. The van der Waals surface area contributed by atoms with E-state index in [4.69, 9.17) is 0 Å². The average Bonchev–Trinajstić information content (AvgIpc) is 2.71. The van der Waals surface area contributed by atoms with E-state index in [2.05, 4.69) is 30.4 Å². The van der Waals surface area contributed by atoms with Gasteiger partial charge in [-0.2, -0.15) is 0 Å². The second-order valence-electron chi connectivity index (χ2n) is 7.78. The minimum absolute atomic E-state index is 0.0298. The van der Waals surface area contributed by atoms with Gasteiger partial charge in [-0.1, -0.05) is 25.1 Å². The van der Waals surface area contributed by atoms with E-state index >= 15 is 0 Å². The molecule has 0 radical (unpaired) electrons. The summed E-state index contributed by atoms with van der Waals surface area (Å²) >= 11 is 0. The number of nitrogens with one attached hydrogen (secondary N) is 1. The number of hydrogen-bond acceptors (Lipinski definition) is 3. The highest BCUT2D eigenvalue weighted by Crippen LogP contribution is 2.27. The minimum atomic E-state index is -3.15. The van der Waals surface area contributed by atoms with Crippen LogP contribution < -0.4 is 5.32 Å². The van der Waals surface area contributed by atoms with Gasteiger partial charge < -0.3 is 5.32 Å². The molecule has 1 aromatic carbocycles. The summed E-state index contributed by atoms with van der Waals surface area (Å²) in [5, 5.41) is 3.22. The Bertz CT molecular complexity index is 768. The normalized spacial score (nSPS) is 20.1. The first-order chi connectivity index (χ1) is 12.9. The number of carbonyl (C=O) groups excluding carboxylic acids is 1. The lowest BCUT2D eigenvalue weighted by molar-refractivity contribution is -0.126. The fourth-order valence-electron chi connectivity index (χ4n) is 4.26. The van der Waals surface area contributed by atoms with Gasteiger partial charge in [-0.25, -0.2) is 12.7 Å². The number of rotatable bonds is 6. The molecule has 1 fully saturated rings. The third-order valence-corrected chi connectivity index (χ3v) is 7.96.